The molecular formula is C14H16ClNS. The number of aryl methyl sites for hydroxylation is 3. The Kier molecular flexibility index (Phi) is 3.57. The van der Waals surface area contributed by atoms with Crippen LogP contribution in [-0.4, -0.2) is 0 Å². The first-order valence-electron chi connectivity index (χ1n) is 5.57. The van der Waals surface area contributed by atoms with E-state index >= 15 is 0 Å². The second kappa shape index (κ2) is 4.81. The maximum absolute atomic E-state index is 6.35. The normalized spacial score (nSPS) is 12.8. The van der Waals surface area contributed by atoms with Crippen molar-refractivity contribution in [2.45, 2.75) is 26.8 Å². The van der Waals surface area contributed by atoms with Gasteiger partial charge in [-0.2, -0.15) is 0 Å². The zero-order valence-corrected chi connectivity index (χ0v) is 11.8. The standard InChI is InChI=1S/C14H16ClNS/c1-8-7-11(15)4-5-12(8)13(16)14-9(2)6-10(3)17-14/h4-7,13H,16H2,1-3H3. The van der Waals surface area contributed by atoms with Crippen molar-refractivity contribution in [2.24, 2.45) is 5.73 Å². The van der Waals surface area contributed by atoms with Gasteiger partial charge in [-0.1, -0.05) is 17.7 Å². The summed E-state index contributed by atoms with van der Waals surface area (Å²) in [5.41, 5.74) is 9.92. The molecule has 0 aliphatic rings. The van der Waals surface area contributed by atoms with Crippen LogP contribution in [0.4, 0.5) is 0 Å². The molecule has 0 aliphatic heterocycles. The summed E-state index contributed by atoms with van der Waals surface area (Å²) < 4.78 is 0. The molecule has 1 nitrogen and oxygen atoms in total. The van der Waals surface area contributed by atoms with Crippen LogP contribution < -0.4 is 5.73 Å². The summed E-state index contributed by atoms with van der Waals surface area (Å²) in [6, 6.07) is 8.03. The molecule has 1 aromatic carbocycles. The minimum absolute atomic E-state index is 0.0500. The third-order valence-electron chi connectivity index (χ3n) is 2.93. The van der Waals surface area contributed by atoms with Gasteiger partial charge >= 0.3 is 0 Å². The Hall–Kier alpha value is -0.830. The van der Waals surface area contributed by atoms with Crippen molar-refractivity contribution in [3.05, 3.63) is 55.7 Å². The minimum atomic E-state index is -0.0500. The SMILES string of the molecule is Cc1cc(C)c(C(N)c2ccc(Cl)cc2C)s1. The summed E-state index contributed by atoms with van der Waals surface area (Å²) in [6.45, 7) is 6.28. The summed E-state index contributed by atoms with van der Waals surface area (Å²) in [5.74, 6) is 0. The van der Waals surface area contributed by atoms with Crippen LogP contribution in [0.3, 0.4) is 0 Å². The van der Waals surface area contributed by atoms with Crippen LogP contribution >= 0.6 is 22.9 Å². The third kappa shape index (κ3) is 2.54. The molecule has 0 aliphatic carbocycles. The summed E-state index contributed by atoms with van der Waals surface area (Å²) in [6.07, 6.45) is 0. The molecule has 17 heavy (non-hydrogen) atoms. The van der Waals surface area contributed by atoms with Gasteiger partial charge in [-0.15, -0.1) is 11.3 Å². The highest BCUT2D eigenvalue weighted by molar-refractivity contribution is 7.12. The zero-order valence-electron chi connectivity index (χ0n) is 10.3. The molecule has 0 amide bonds. The molecule has 0 radical (unpaired) electrons. The van der Waals surface area contributed by atoms with Crippen LogP contribution in [0, 0.1) is 20.8 Å². The lowest BCUT2D eigenvalue weighted by atomic mass is 9.99. The Morgan fingerprint density at radius 1 is 1.12 bits per heavy atom. The highest BCUT2D eigenvalue weighted by atomic mass is 35.5. The smallest absolute Gasteiger partial charge is 0.0651 e. The number of nitrogens with two attached hydrogens (primary N) is 1. The first-order valence-corrected chi connectivity index (χ1v) is 6.77. The molecule has 3 heteroatoms. The van der Waals surface area contributed by atoms with Crippen LogP contribution in [-0.2, 0) is 0 Å². The van der Waals surface area contributed by atoms with Crippen molar-refractivity contribution in [3.8, 4) is 0 Å². The Morgan fingerprint density at radius 2 is 1.82 bits per heavy atom. The van der Waals surface area contributed by atoms with Gasteiger partial charge in [0, 0.05) is 14.8 Å². The summed E-state index contributed by atoms with van der Waals surface area (Å²) >= 11 is 7.74. The molecule has 1 heterocycles. The fourth-order valence-electron chi connectivity index (χ4n) is 2.10. The quantitative estimate of drug-likeness (QED) is 0.857. The van der Waals surface area contributed by atoms with Gasteiger partial charge in [0.25, 0.3) is 0 Å². The van der Waals surface area contributed by atoms with Crippen molar-refractivity contribution >= 4 is 22.9 Å². The maximum atomic E-state index is 6.35. The Morgan fingerprint density at radius 3 is 2.35 bits per heavy atom. The molecule has 1 unspecified atom stereocenters. The molecule has 0 saturated carbocycles. The molecule has 2 rings (SSSR count). The van der Waals surface area contributed by atoms with E-state index in [1.165, 1.54) is 15.3 Å². The predicted molar refractivity (Wildman–Crippen MR) is 76.0 cm³/mol. The van der Waals surface area contributed by atoms with E-state index in [-0.39, 0.29) is 6.04 Å². The van der Waals surface area contributed by atoms with Crippen molar-refractivity contribution in [2.75, 3.05) is 0 Å². The number of rotatable bonds is 2. The topological polar surface area (TPSA) is 26.0 Å². The van der Waals surface area contributed by atoms with Crippen molar-refractivity contribution in [1.82, 2.24) is 0 Å². The number of hydrogen-bond donors (Lipinski definition) is 1. The fraction of sp³-hybridized carbons (Fsp3) is 0.286. The average Bonchev–Trinajstić information content (AvgIpc) is 2.57. The van der Waals surface area contributed by atoms with Crippen LogP contribution in [0.1, 0.15) is 32.5 Å². The van der Waals surface area contributed by atoms with Crippen LogP contribution in [0.5, 0.6) is 0 Å². The van der Waals surface area contributed by atoms with E-state index in [9.17, 15) is 0 Å². The van der Waals surface area contributed by atoms with E-state index in [1.807, 2.05) is 18.2 Å². The molecule has 2 aromatic rings. The number of halogens is 1. The molecule has 0 spiro atoms. The van der Waals surface area contributed by atoms with Crippen molar-refractivity contribution in [1.29, 1.82) is 0 Å². The van der Waals surface area contributed by atoms with Gasteiger partial charge < -0.3 is 5.73 Å². The van der Waals surface area contributed by atoms with Gasteiger partial charge in [0.2, 0.25) is 0 Å². The van der Waals surface area contributed by atoms with E-state index in [4.69, 9.17) is 17.3 Å². The molecule has 0 fully saturated rings. The summed E-state index contributed by atoms with van der Waals surface area (Å²) in [5, 5.41) is 0.762. The number of thiophene rings is 1. The lowest BCUT2D eigenvalue weighted by Crippen LogP contribution is -2.12. The second-order valence-corrected chi connectivity index (χ2v) is 6.11. The zero-order chi connectivity index (χ0) is 12.6. The predicted octanol–water partition coefficient (Wildman–Crippen LogP) is 4.37. The van der Waals surface area contributed by atoms with E-state index < -0.39 is 0 Å². The molecule has 0 bridgehead atoms. The van der Waals surface area contributed by atoms with Gasteiger partial charge in [-0.05, 0) is 55.7 Å². The van der Waals surface area contributed by atoms with E-state index in [1.54, 1.807) is 11.3 Å². The molecule has 90 valence electrons. The lowest BCUT2D eigenvalue weighted by molar-refractivity contribution is 0.875. The van der Waals surface area contributed by atoms with Crippen LogP contribution in [0.2, 0.25) is 5.02 Å². The van der Waals surface area contributed by atoms with Crippen molar-refractivity contribution < 1.29 is 0 Å². The Balaban J connectivity index is 2.43. The number of benzene rings is 1. The highest BCUT2D eigenvalue weighted by Gasteiger charge is 2.16. The number of hydrogen-bond acceptors (Lipinski definition) is 2. The van der Waals surface area contributed by atoms with Gasteiger partial charge in [0.15, 0.2) is 0 Å². The highest BCUT2D eigenvalue weighted by Crippen LogP contribution is 2.32. The first kappa shape index (κ1) is 12.6. The summed E-state index contributed by atoms with van der Waals surface area (Å²) in [4.78, 5) is 2.55. The summed E-state index contributed by atoms with van der Waals surface area (Å²) in [7, 11) is 0. The monoisotopic (exact) mass is 265 g/mol. The Labute approximate surface area is 111 Å². The van der Waals surface area contributed by atoms with Gasteiger partial charge in [-0.3, -0.25) is 0 Å². The van der Waals surface area contributed by atoms with E-state index in [0.717, 1.165) is 16.1 Å². The van der Waals surface area contributed by atoms with Gasteiger partial charge in [0.1, 0.15) is 0 Å². The third-order valence-corrected chi connectivity index (χ3v) is 4.40. The molecule has 0 saturated heterocycles. The van der Waals surface area contributed by atoms with E-state index in [0.29, 0.717) is 0 Å². The Bertz CT molecular complexity index is 545. The maximum Gasteiger partial charge on any atom is 0.0651 e. The molecule has 1 aromatic heterocycles. The van der Waals surface area contributed by atoms with Gasteiger partial charge in [0.05, 0.1) is 6.04 Å². The second-order valence-electron chi connectivity index (χ2n) is 4.38. The average molecular weight is 266 g/mol. The van der Waals surface area contributed by atoms with Crippen LogP contribution in [0.25, 0.3) is 0 Å². The lowest BCUT2D eigenvalue weighted by Gasteiger charge is -2.14. The molecule has 2 N–H and O–H groups in total. The molecular weight excluding hydrogens is 250 g/mol. The first-order chi connectivity index (χ1) is 7.99. The largest absolute Gasteiger partial charge is 0.320 e. The van der Waals surface area contributed by atoms with Crippen molar-refractivity contribution in [3.63, 3.8) is 0 Å². The molecule has 1 atom stereocenters. The van der Waals surface area contributed by atoms with E-state index in [2.05, 4.69) is 26.8 Å². The minimum Gasteiger partial charge on any atom is -0.320 e. The fourth-order valence-corrected chi connectivity index (χ4v) is 3.38. The van der Waals surface area contributed by atoms with Crippen LogP contribution in [0.15, 0.2) is 24.3 Å². The van der Waals surface area contributed by atoms with Gasteiger partial charge in [-0.25, -0.2) is 0 Å².